The van der Waals surface area contributed by atoms with Crippen molar-refractivity contribution < 1.29 is 23.1 Å². The number of nitrogens with zero attached hydrogens (tertiary/aromatic N) is 1. The van der Waals surface area contributed by atoms with E-state index in [-0.39, 0.29) is 33.4 Å². The van der Waals surface area contributed by atoms with Gasteiger partial charge in [0.25, 0.3) is 0 Å². The summed E-state index contributed by atoms with van der Waals surface area (Å²) in [5.74, 6) is -0.555. The van der Waals surface area contributed by atoms with Gasteiger partial charge in [0.05, 0.1) is 40.6 Å². The smallest absolute Gasteiger partial charge is 0.243 e. The van der Waals surface area contributed by atoms with E-state index in [1.807, 2.05) is 0 Å². The lowest BCUT2D eigenvalue weighted by molar-refractivity contribution is 0.0730. The SMILES string of the molecule is N=C1c2ccccc2C(=O)c2c(-c3ccc(S(=O)(=O)N4CCOCC4)cc3)[nH]c(O)c21. The number of sulfonamides is 1. The molecule has 0 unspecified atom stereocenters. The van der Waals surface area contributed by atoms with Gasteiger partial charge in [0.2, 0.25) is 10.0 Å². The molecule has 2 heterocycles. The third kappa shape index (κ3) is 3.01. The number of morpholine rings is 1. The molecule has 0 saturated carbocycles. The number of benzene rings is 2. The molecule has 1 aliphatic heterocycles. The van der Waals surface area contributed by atoms with Crippen molar-refractivity contribution in [1.82, 2.24) is 9.29 Å². The molecule has 2 aliphatic rings. The van der Waals surface area contributed by atoms with E-state index < -0.39 is 10.0 Å². The lowest BCUT2D eigenvalue weighted by Crippen LogP contribution is -2.40. The molecule has 0 atom stereocenters. The molecule has 9 heteroatoms. The number of fused-ring (bicyclic) bond motifs is 2. The number of ketones is 1. The molecular formula is C22H19N3O5S. The Bertz CT molecular complexity index is 1320. The Kier molecular flexibility index (Phi) is 4.54. The van der Waals surface area contributed by atoms with Crippen molar-refractivity contribution in [1.29, 1.82) is 5.41 Å². The first-order chi connectivity index (χ1) is 14.9. The van der Waals surface area contributed by atoms with Crippen LogP contribution in [0.4, 0.5) is 0 Å². The largest absolute Gasteiger partial charge is 0.494 e. The number of nitrogens with one attached hydrogen (secondary N) is 2. The monoisotopic (exact) mass is 437 g/mol. The van der Waals surface area contributed by atoms with Crippen LogP contribution in [-0.2, 0) is 14.8 Å². The maximum atomic E-state index is 13.2. The summed E-state index contributed by atoms with van der Waals surface area (Å²) in [6, 6.07) is 13.0. The van der Waals surface area contributed by atoms with E-state index in [9.17, 15) is 18.3 Å². The summed E-state index contributed by atoms with van der Waals surface area (Å²) in [5, 5.41) is 18.9. The van der Waals surface area contributed by atoms with E-state index in [1.54, 1.807) is 36.4 Å². The van der Waals surface area contributed by atoms with Crippen LogP contribution in [0.15, 0.2) is 53.4 Å². The van der Waals surface area contributed by atoms with Gasteiger partial charge in [0, 0.05) is 24.2 Å². The van der Waals surface area contributed by atoms with Crippen molar-refractivity contribution in [3.63, 3.8) is 0 Å². The maximum absolute atomic E-state index is 13.2. The van der Waals surface area contributed by atoms with Crippen LogP contribution in [0.3, 0.4) is 0 Å². The summed E-state index contributed by atoms with van der Waals surface area (Å²) >= 11 is 0. The zero-order chi connectivity index (χ0) is 21.8. The standard InChI is InChI=1S/C22H19N3O5S/c23-19-15-3-1-2-4-16(15)21(26)18-17(19)22(27)24-20(18)13-5-7-14(8-6-13)31(28,29)25-9-11-30-12-10-25/h1-8,23-24,27H,9-12H2. The van der Waals surface area contributed by atoms with Crippen LogP contribution in [0.2, 0.25) is 0 Å². The summed E-state index contributed by atoms with van der Waals surface area (Å²) in [5.41, 5.74) is 2.19. The first-order valence-corrected chi connectivity index (χ1v) is 11.2. The van der Waals surface area contributed by atoms with Crippen LogP contribution in [0, 0.1) is 5.41 Å². The number of hydrogen-bond acceptors (Lipinski definition) is 6. The maximum Gasteiger partial charge on any atom is 0.243 e. The fourth-order valence-corrected chi connectivity index (χ4v) is 5.48. The highest BCUT2D eigenvalue weighted by Gasteiger charge is 2.34. The van der Waals surface area contributed by atoms with Gasteiger partial charge in [-0.25, -0.2) is 8.42 Å². The molecule has 158 valence electrons. The van der Waals surface area contributed by atoms with Crippen molar-refractivity contribution in [3.8, 4) is 17.1 Å². The van der Waals surface area contributed by atoms with Crippen LogP contribution in [0.1, 0.15) is 27.0 Å². The summed E-state index contributed by atoms with van der Waals surface area (Å²) in [4.78, 5) is 16.1. The molecule has 8 nitrogen and oxygen atoms in total. The molecular weight excluding hydrogens is 418 g/mol. The zero-order valence-electron chi connectivity index (χ0n) is 16.4. The number of ether oxygens (including phenoxy) is 1. The van der Waals surface area contributed by atoms with E-state index in [0.717, 1.165) is 0 Å². The Balaban J connectivity index is 1.56. The Morgan fingerprint density at radius 2 is 1.61 bits per heavy atom. The number of aromatic amines is 1. The molecule has 0 bridgehead atoms. The van der Waals surface area contributed by atoms with Gasteiger partial charge in [-0.15, -0.1) is 0 Å². The third-order valence-corrected chi connectivity index (χ3v) is 7.56. The molecule has 31 heavy (non-hydrogen) atoms. The van der Waals surface area contributed by atoms with Crippen LogP contribution >= 0.6 is 0 Å². The molecule has 2 aromatic carbocycles. The average Bonchev–Trinajstić information content (AvgIpc) is 3.16. The Labute approximate surface area is 178 Å². The van der Waals surface area contributed by atoms with Gasteiger partial charge in [-0.3, -0.25) is 10.2 Å². The minimum atomic E-state index is -3.64. The van der Waals surface area contributed by atoms with Gasteiger partial charge in [-0.05, 0) is 17.7 Å². The number of carbonyl (C=O) groups is 1. The van der Waals surface area contributed by atoms with Crippen molar-refractivity contribution in [2.45, 2.75) is 4.90 Å². The number of H-pyrrole nitrogens is 1. The summed E-state index contributed by atoms with van der Waals surface area (Å²) in [6.07, 6.45) is 0. The van der Waals surface area contributed by atoms with Crippen molar-refractivity contribution in [2.75, 3.05) is 26.3 Å². The summed E-state index contributed by atoms with van der Waals surface area (Å²) < 4.78 is 32.3. The fraction of sp³-hybridized carbons (Fsp3) is 0.182. The normalized spacial score (nSPS) is 16.8. The molecule has 1 saturated heterocycles. The van der Waals surface area contributed by atoms with E-state index in [4.69, 9.17) is 10.1 Å². The highest BCUT2D eigenvalue weighted by atomic mass is 32.2. The van der Waals surface area contributed by atoms with Crippen molar-refractivity contribution in [2.24, 2.45) is 0 Å². The Morgan fingerprint density at radius 1 is 0.968 bits per heavy atom. The lowest BCUT2D eigenvalue weighted by Gasteiger charge is -2.26. The van der Waals surface area contributed by atoms with E-state index in [2.05, 4.69) is 4.98 Å². The van der Waals surface area contributed by atoms with Crippen LogP contribution < -0.4 is 0 Å². The number of rotatable bonds is 3. The average molecular weight is 437 g/mol. The third-order valence-electron chi connectivity index (χ3n) is 5.65. The minimum absolute atomic E-state index is 0.0664. The highest BCUT2D eigenvalue weighted by Crippen LogP contribution is 2.39. The Morgan fingerprint density at radius 3 is 2.29 bits per heavy atom. The van der Waals surface area contributed by atoms with Gasteiger partial charge in [0.15, 0.2) is 11.7 Å². The van der Waals surface area contributed by atoms with Gasteiger partial charge >= 0.3 is 0 Å². The quantitative estimate of drug-likeness (QED) is 0.454. The first-order valence-electron chi connectivity index (χ1n) is 9.76. The van der Waals surface area contributed by atoms with Gasteiger partial charge < -0.3 is 14.8 Å². The molecule has 0 amide bonds. The molecule has 0 radical (unpaired) electrons. The minimum Gasteiger partial charge on any atom is -0.494 e. The highest BCUT2D eigenvalue weighted by molar-refractivity contribution is 7.89. The second-order valence-corrected chi connectivity index (χ2v) is 9.33. The molecule has 5 rings (SSSR count). The van der Waals surface area contributed by atoms with Gasteiger partial charge in [0.1, 0.15) is 0 Å². The van der Waals surface area contributed by atoms with E-state index in [0.29, 0.717) is 48.7 Å². The molecule has 3 N–H and O–H groups in total. The summed E-state index contributed by atoms with van der Waals surface area (Å²) in [7, 11) is -3.64. The van der Waals surface area contributed by atoms with Gasteiger partial charge in [-0.2, -0.15) is 4.31 Å². The van der Waals surface area contributed by atoms with Crippen LogP contribution in [0.5, 0.6) is 5.88 Å². The number of aromatic nitrogens is 1. The zero-order valence-corrected chi connectivity index (χ0v) is 17.2. The molecule has 3 aromatic rings. The van der Waals surface area contributed by atoms with E-state index in [1.165, 1.54) is 16.4 Å². The topological polar surface area (TPSA) is 124 Å². The van der Waals surface area contributed by atoms with E-state index >= 15 is 0 Å². The lowest BCUT2D eigenvalue weighted by atomic mass is 9.84. The second-order valence-electron chi connectivity index (χ2n) is 7.39. The summed E-state index contributed by atoms with van der Waals surface area (Å²) in [6.45, 7) is 1.33. The molecule has 0 spiro atoms. The fourth-order valence-electron chi connectivity index (χ4n) is 4.07. The number of aromatic hydroxyl groups is 1. The van der Waals surface area contributed by atoms with Crippen LogP contribution in [-0.4, -0.2) is 60.6 Å². The predicted octanol–water partition coefficient (Wildman–Crippen LogP) is 2.37. The van der Waals surface area contributed by atoms with Crippen LogP contribution in [0.25, 0.3) is 11.3 Å². The molecule has 1 aromatic heterocycles. The second kappa shape index (κ2) is 7.16. The first kappa shape index (κ1) is 19.7. The molecule has 1 fully saturated rings. The Hall–Kier alpha value is -3.27. The molecule has 1 aliphatic carbocycles. The number of hydrogen-bond donors (Lipinski definition) is 3. The van der Waals surface area contributed by atoms with Gasteiger partial charge in [-0.1, -0.05) is 36.4 Å². The van der Waals surface area contributed by atoms with Crippen molar-refractivity contribution in [3.05, 3.63) is 70.8 Å². The number of carbonyl (C=O) groups excluding carboxylic acids is 1. The predicted molar refractivity (Wildman–Crippen MR) is 113 cm³/mol. The van der Waals surface area contributed by atoms with Crippen molar-refractivity contribution >= 4 is 21.5 Å².